The van der Waals surface area contributed by atoms with E-state index in [1.54, 1.807) is 11.1 Å². The first-order valence-corrected chi connectivity index (χ1v) is 20.0. The number of aromatic nitrogens is 8. The zero-order valence-corrected chi connectivity index (χ0v) is 34.1. The van der Waals surface area contributed by atoms with Crippen molar-refractivity contribution in [1.82, 2.24) is 39.9 Å². The Hall–Kier alpha value is -7.17. The normalized spacial score (nSPS) is 17.0. The van der Waals surface area contributed by atoms with Gasteiger partial charge in [-0.05, 0) is 88.1 Å². The van der Waals surface area contributed by atoms with E-state index >= 15 is 0 Å². The van der Waals surface area contributed by atoms with Crippen molar-refractivity contribution in [2.24, 2.45) is 0 Å². The average molecular weight is 809 g/mol. The van der Waals surface area contributed by atoms with E-state index in [0.29, 0.717) is 35.3 Å². The molecule has 6 aromatic heterocycles. The van der Waals surface area contributed by atoms with Gasteiger partial charge in [0.2, 0.25) is 11.8 Å². The molecule has 0 radical (unpaired) electrons. The number of carbonyl (C=O) groups excluding carboxylic acids is 1. The van der Waals surface area contributed by atoms with Crippen LogP contribution in [0.25, 0.3) is 22.5 Å². The van der Waals surface area contributed by atoms with Crippen LogP contribution in [-0.2, 0) is 0 Å². The number of rotatable bonds is 5. The number of anilines is 6. The highest BCUT2D eigenvalue weighted by molar-refractivity contribution is 6.04. The highest BCUT2D eigenvalue weighted by atomic mass is 16.5. The maximum Gasteiger partial charge on any atom is 0.329 e. The van der Waals surface area contributed by atoms with Crippen molar-refractivity contribution in [2.45, 2.75) is 51.6 Å². The minimum Gasteiger partial charge on any atom is -0.480 e. The van der Waals surface area contributed by atoms with Gasteiger partial charge in [0, 0.05) is 67.1 Å². The predicted molar refractivity (Wildman–Crippen MR) is 232 cm³/mol. The SMILES string of the molecule is COc1cncc(N)n1.COc1cncc(NC(=O)N2c3nc(-c4ccnc(C)c4)ccc3N3CCC[C@H]2C3)n1.Cc1cc(-c2ccc3c(n2)N[C@H]2CCCN3C2)ccn1. The van der Waals surface area contributed by atoms with Gasteiger partial charge < -0.3 is 30.3 Å². The summed E-state index contributed by atoms with van der Waals surface area (Å²) >= 11 is 0. The van der Waals surface area contributed by atoms with Crippen molar-refractivity contribution in [3.63, 3.8) is 0 Å². The summed E-state index contributed by atoms with van der Waals surface area (Å²) in [5, 5.41) is 6.45. The first kappa shape index (κ1) is 39.6. The van der Waals surface area contributed by atoms with E-state index in [9.17, 15) is 4.79 Å². The zero-order valence-electron chi connectivity index (χ0n) is 34.1. The molecule has 2 fully saturated rings. The molecule has 6 aromatic rings. The Morgan fingerprint density at radius 1 is 0.750 bits per heavy atom. The van der Waals surface area contributed by atoms with E-state index in [1.165, 1.54) is 57.5 Å². The smallest absolute Gasteiger partial charge is 0.329 e. The fraction of sp³-hybridized carbons (Fsp3) is 0.326. The summed E-state index contributed by atoms with van der Waals surface area (Å²) in [4.78, 5) is 54.0. The van der Waals surface area contributed by atoms with E-state index in [-0.39, 0.29) is 12.1 Å². The standard InChI is InChI=1S/C22H23N7O2.C16H18N4.C5H7N3O/c1-14-10-15(7-8-24-14)17-5-6-18-21(25-17)29(16-4-3-9-28(18)13-16)22(30)27-19-11-23-12-20(26-19)31-2;1-11-9-12(6-7-17-11)14-4-5-15-16(19-14)18-13-3-2-8-20(15)10-13;1-9-5-3-7-2-4(6)8-5/h5-8,10-12,16H,3-4,9,13H2,1-2H3,(H,26,27,30);4-7,9,13H,2-3,8,10H2,1H3,(H,18,19);2-3H,1H3,(H2,6,8)/t16-;13-;/m00./s1. The van der Waals surface area contributed by atoms with Gasteiger partial charge in [0.15, 0.2) is 17.5 Å². The quantitative estimate of drug-likeness (QED) is 0.178. The number of methoxy groups -OCH3 is 2. The van der Waals surface area contributed by atoms with Gasteiger partial charge in [-0.15, -0.1) is 0 Å². The summed E-state index contributed by atoms with van der Waals surface area (Å²) in [5.74, 6) is 3.19. The van der Waals surface area contributed by atoms with Crippen LogP contribution in [0.3, 0.4) is 0 Å². The van der Waals surface area contributed by atoms with Gasteiger partial charge in [-0.3, -0.25) is 30.2 Å². The van der Waals surface area contributed by atoms with Crippen LogP contribution in [0.15, 0.2) is 85.7 Å². The first-order valence-electron chi connectivity index (χ1n) is 20.0. The number of carbonyl (C=O) groups is 1. The topological polar surface area (TPSA) is 198 Å². The van der Waals surface area contributed by atoms with Crippen molar-refractivity contribution in [1.29, 1.82) is 0 Å². The van der Waals surface area contributed by atoms with Crippen LogP contribution in [0, 0.1) is 13.8 Å². The molecule has 2 saturated heterocycles. The van der Waals surface area contributed by atoms with Gasteiger partial charge in [0.1, 0.15) is 5.82 Å². The van der Waals surface area contributed by atoms with Gasteiger partial charge in [-0.1, -0.05) is 0 Å². The Labute approximate surface area is 348 Å². The number of fused-ring (bicyclic) bond motifs is 8. The number of piperidine rings is 2. The number of nitrogens with zero attached hydrogens (tertiary/aromatic N) is 11. The molecule has 17 nitrogen and oxygen atoms in total. The monoisotopic (exact) mass is 808 g/mol. The molecule has 4 aliphatic rings. The highest BCUT2D eigenvalue weighted by Crippen LogP contribution is 2.40. The van der Waals surface area contributed by atoms with Crippen LogP contribution >= 0.6 is 0 Å². The summed E-state index contributed by atoms with van der Waals surface area (Å²) in [6.07, 6.45) is 14.0. The number of hydrogen-bond donors (Lipinski definition) is 3. The summed E-state index contributed by atoms with van der Waals surface area (Å²) < 4.78 is 9.86. The first-order chi connectivity index (χ1) is 29.2. The van der Waals surface area contributed by atoms with Crippen molar-refractivity contribution in [2.75, 3.05) is 71.5 Å². The molecule has 4 aliphatic heterocycles. The second-order valence-electron chi connectivity index (χ2n) is 14.9. The number of urea groups is 1. The van der Waals surface area contributed by atoms with E-state index in [2.05, 4.69) is 74.6 Å². The van der Waals surface area contributed by atoms with Crippen molar-refractivity contribution >= 4 is 40.7 Å². The average Bonchev–Trinajstić information content (AvgIpc) is 3.27. The number of hydrogen-bond acceptors (Lipinski definition) is 15. The maximum absolute atomic E-state index is 13.4. The van der Waals surface area contributed by atoms with E-state index < -0.39 is 0 Å². The predicted octanol–water partition coefficient (Wildman–Crippen LogP) is 6.19. The van der Waals surface area contributed by atoms with Gasteiger partial charge >= 0.3 is 6.03 Å². The molecule has 60 heavy (non-hydrogen) atoms. The molecule has 4 N–H and O–H groups in total. The Morgan fingerprint density at radius 3 is 2.05 bits per heavy atom. The third-order valence-electron chi connectivity index (χ3n) is 10.7. The van der Waals surface area contributed by atoms with Crippen molar-refractivity contribution < 1.29 is 14.3 Å². The van der Waals surface area contributed by atoms with Gasteiger partial charge in [0.05, 0.1) is 67.8 Å². The molecule has 2 amide bonds. The second kappa shape index (κ2) is 17.8. The lowest BCUT2D eigenvalue weighted by Crippen LogP contribution is -2.56. The van der Waals surface area contributed by atoms with Crippen LogP contribution in [0.4, 0.5) is 39.4 Å². The lowest BCUT2D eigenvalue weighted by molar-refractivity contribution is 0.252. The van der Waals surface area contributed by atoms with E-state index in [0.717, 1.165) is 84.4 Å². The van der Waals surface area contributed by atoms with Crippen LogP contribution in [0.2, 0.25) is 0 Å². The molecular formula is C43H48N14O3. The fourth-order valence-corrected chi connectivity index (χ4v) is 7.87. The summed E-state index contributed by atoms with van der Waals surface area (Å²) in [6, 6.07) is 16.7. The van der Waals surface area contributed by atoms with Crippen molar-refractivity contribution in [3.8, 4) is 34.3 Å². The summed E-state index contributed by atoms with van der Waals surface area (Å²) in [6.45, 7) is 7.99. The number of amides is 2. The molecule has 0 spiro atoms. The molecular weight excluding hydrogens is 761 g/mol. The molecule has 4 bridgehead atoms. The number of ether oxygens (including phenoxy) is 2. The number of nitrogen functional groups attached to an aromatic ring is 1. The summed E-state index contributed by atoms with van der Waals surface area (Å²) in [5.41, 5.74) is 13.4. The lowest BCUT2D eigenvalue weighted by atomic mass is 9.99. The molecule has 0 unspecified atom stereocenters. The molecule has 0 aliphatic carbocycles. The number of nitrogens with two attached hydrogens (primary N) is 1. The molecule has 0 aromatic carbocycles. The van der Waals surface area contributed by atoms with Crippen molar-refractivity contribution in [3.05, 3.63) is 97.1 Å². The van der Waals surface area contributed by atoms with Crippen LogP contribution < -0.4 is 40.5 Å². The molecule has 2 atom stereocenters. The Bertz CT molecular complexity index is 2470. The van der Waals surface area contributed by atoms with Gasteiger partial charge in [0.25, 0.3) is 0 Å². The summed E-state index contributed by atoms with van der Waals surface area (Å²) in [7, 11) is 3.03. The lowest BCUT2D eigenvalue weighted by Gasteiger charge is -2.45. The molecule has 10 rings (SSSR count). The number of aryl methyl sites for hydroxylation is 2. The third kappa shape index (κ3) is 8.94. The largest absolute Gasteiger partial charge is 0.480 e. The highest BCUT2D eigenvalue weighted by Gasteiger charge is 2.38. The Kier molecular flexibility index (Phi) is 11.7. The minimum absolute atomic E-state index is 0.0433. The maximum atomic E-state index is 13.4. The second-order valence-corrected chi connectivity index (χ2v) is 14.9. The van der Waals surface area contributed by atoms with Crippen LogP contribution in [0.5, 0.6) is 11.8 Å². The Balaban J connectivity index is 0.000000146. The van der Waals surface area contributed by atoms with Crippen LogP contribution in [-0.4, -0.2) is 98.4 Å². The number of pyridine rings is 4. The fourth-order valence-electron chi connectivity index (χ4n) is 7.87. The van der Waals surface area contributed by atoms with E-state index in [4.69, 9.17) is 25.2 Å². The molecule has 10 heterocycles. The minimum atomic E-state index is -0.272. The molecule has 308 valence electrons. The van der Waals surface area contributed by atoms with Gasteiger partial charge in [-0.2, -0.15) is 9.97 Å². The van der Waals surface area contributed by atoms with Crippen LogP contribution in [0.1, 0.15) is 37.1 Å². The van der Waals surface area contributed by atoms with Gasteiger partial charge in [-0.25, -0.2) is 14.8 Å². The zero-order chi connectivity index (χ0) is 41.6. The molecule has 0 saturated carbocycles. The molecule has 17 heteroatoms. The van der Waals surface area contributed by atoms with E-state index in [1.807, 2.05) is 44.3 Å². The number of nitrogens with one attached hydrogen (secondary N) is 2. The Morgan fingerprint density at radius 2 is 1.38 bits per heavy atom. The third-order valence-corrected chi connectivity index (χ3v) is 10.7.